The largest absolute Gasteiger partial charge is 0.444 e. The summed E-state index contributed by atoms with van der Waals surface area (Å²) in [6.07, 6.45) is 0.717. The van der Waals surface area contributed by atoms with Crippen molar-refractivity contribution in [3.05, 3.63) is 34.3 Å². The number of amides is 1. The SMILES string of the molecule is CC(C)(C)OC(=O)N1CCC(=O)C(Cc2cccc(Br)c2)C1. The Morgan fingerprint density at radius 3 is 2.77 bits per heavy atom. The number of carbonyl (C=O) groups is 2. The Hall–Kier alpha value is -1.36. The van der Waals surface area contributed by atoms with Crippen molar-refractivity contribution in [1.29, 1.82) is 0 Å². The molecule has 0 N–H and O–H groups in total. The summed E-state index contributed by atoms with van der Waals surface area (Å²) in [7, 11) is 0. The minimum Gasteiger partial charge on any atom is -0.444 e. The van der Waals surface area contributed by atoms with E-state index in [1.54, 1.807) is 4.90 Å². The molecule has 0 aromatic heterocycles. The third kappa shape index (κ3) is 4.83. The standard InChI is InChI=1S/C17H22BrNO3/c1-17(2,3)22-16(21)19-8-7-15(20)13(11-19)9-12-5-4-6-14(18)10-12/h4-6,10,13H,7-9,11H2,1-3H3. The fourth-order valence-corrected chi connectivity index (χ4v) is 2.97. The van der Waals surface area contributed by atoms with Gasteiger partial charge in [0, 0.05) is 29.9 Å². The highest BCUT2D eigenvalue weighted by Gasteiger charge is 2.32. The second kappa shape index (κ2) is 6.82. The lowest BCUT2D eigenvalue weighted by molar-refractivity contribution is -0.125. The third-order valence-electron chi connectivity index (χ3n) is 3.55. The van der Waals surface area contributed by atoms with E-state index in [0.29, 0.717) is 25.9 Å². The van der Waals surface area contributed by atoms with Crippen LogP contribution in [0.15, 0.2) is 28.7 Å². The zero-order valence-corrected chi connectivity index (χ0v) is 14.9. The lowest BCUT2D eigenvalue weighted by Crippen LogP contribution is -2.46. The van der Waals surface area contributed by atoms with Crippen LogP contribution in [0.5, 0.6) is 0 Å². The normalized spacial score (nSPS) is 19.2. The number of nitrogens with zero attached hydrogens (tertiary/aromatic N) is 1. The Morgan fingerprint density at radius 2 is 2.14 bits per heavy atom. The number of Topliss-reactive ketones (excluding diaryl/α,β-unsaturated/α-hetero) is 1. The second-order valence-electron chi connectivity index (χ2n) is 6.67. The van der Waals surface area contributed by atoms with E-state index >= 15 is 0 Å². The van der Waals surface area contributed by atoms with Gasteiger partial charge in [0.2, 0.25) is 0 Å². The Morgan fingerprint density at radius 1 is 1.41 bits per heavy atom. The van der Waals surface area contributed by atoms with Crippen molar-refractivity contribution in [3.63, 3.8) is 0 Å². The van der Waals surface area contributed by atoms with E-state index in [-0.39, 0.29) is 17.8 Å². The first-order chi connectivity index (χ1) is 10.2. The number of rotatable bonds is 2. The van der Waals surface area contributed by atoms with Gasteiger partial charge in [0.15, 0.2) is 0 Å². The average molecular weight is 368 g/mol. The van der Waals surface area contributed by atoms with Gasteiger partial charge in [-0.15, -0.1) is 0 Å². The van der Waals surface area contributed by atoms with Crippen LogP contribution in [0.2, 0.25) is 0 Å². The molecule has 1 heterocycles. The predicted octanol–water partition coefficient (Wildman–Crippen LogP) is 3.82. The van der Waals surface area contributed by atoms with Crippen LogP contribution in [0.3, 0.4) is 0 Å². The van der Waals surface area contributed by atoms with Crippen molar-refractivity contribution in [3.8, 4) is 0 Å². The molecule has 0 saturated carbocycles. The van der Waals surface area contributed by atoms with Gasteiger partial charge in [0.05, 0.1) is 0 Å². The van der Waals surface area contributed by atoms with Gasteiger partial charge >= 0.3 is 6.09 Å². The van der Waals surface area contributed by atoms with Crippen LogP contribution in [0.25, 0.3) is 0 Å². The summed E-state index contributed by atoms with van der Waals surface area (Å²) in [5.41, 5.74) is 0.581. The maximum Gasteiger partial charge on any atom is 0.410 e. The van der Waals surface area contributed by atoms with Crippen molar-refractivity contribution in [2.75, 3.05) is 13.1 Å². The van der Waals surface area contributed by atoms with Gasteiger partial charge in [-0.3, -0.25) is 4.79 Å². The van der Waals surface area contributed by atoms with E-state index in [9.17, 15) is 9.59 Å². The molecule has 1 aromatic carbocycles. The minimum absolute atomic E-state index is 0.157. The lowest BCUT2D eigenvalue weighted by atomic mass is 9.90. The second-order valence-corrected chi connectivity index (χ2v) is 7.59. The zero-order valence-electron chi connectivity index (χ0n) is 13.3. The van der Waals surface area contributed by atoms with Gasteiger partial charge in [0.1, 0.15) is 11.4 Å². The van der Waals surface area contributed by atoms with Gasteiger partial charge in [-0.1, -0.05) is 28.1 Å². The number of hydrogen-bond donors (Lipinski definition) is 0. The van der Waals surface area contributed by atoms with Crippen LogP contribution < -0.4 is 0 Å². The Bertz CT molecular complexity index is 565. The maximum atomic E-state index is 12.2. The summed E-state index contributed by atoms with van der Waals surface area (Å²) in [4.78, 5) is 26.0. The summed E-state index contributed by atoms with van der Waals surface area (Å²) < 4.78 is 6.40. The predicted molar refractivity (Wildman–Crippen MR) is 88.8 cm³/mol. The molecular weight excluding hydrogens is 346 g/mol. The first-order valence-corrected chi connectivity index (χ1v) is 8.29. The summed E-state index contributed by atoms with van der Waals surface area (Å²) in [5, 5.41) is 0. The van der Waals surface area contributed by atoms with Crippen LogP contribution >= 0.6 is 15.9 Å². The number of likely N-dealkylation sites (tertiary alicyclic amines) is 1. The van der Waals surface area contributed by atoms with Gasteiger partial charge < -0.3 is 9.64 Å². The minimum atomic E-state index is -0.516. The van der Waals surface area contributed by atoms with Gasteiger partial charge in [-0.05, 0) is 44.9 Å². The monoisotopic (exact) mass is 367 g/mol. The van der Waals surface area contributed by atoms with Crippen molar-refractivity contribution in [2.45, 2.75) is 39.2 Å². The van der Waals surface area contributed by atoms with Gasteiger partial charge in [-0.2, -0.15) is 0 Å². The Labute approximate surface area is 140 Å². The highest BCUT2D eigenvalue weighted by molar-refractivity contribution is 9.10. The molecule has 1 unspecified atom stereocenters. The molecule has 120 valence electrons. The molecule has 2 rings (SSSR count). The summed E-state index contributed by atoms with van der Waals surface area (Å²) >= 11 is 3.44. The van der Waals surface area contributed by atoms with Crippen LogP contribution in [-0.4, -0.2) is 35.5 Å². The van der Waals surface area contributed by atoms with Gasteiger partial charge in [-0.25, -0.2) is 4.79 Å². The topological polar surface area (TPSA) is 46.6 Å². The van der Waals surface area contributed by atoms with Gasteiger partial charge in [0.25, 0.3) is 0 Å². The van der Waals surface area contributed by atoms with E-state index < -0.39 is 5.60 Å². The number of benzene rings is 1. The molecule has 1 aromatic rings. The van der Waals surface area contributed by atoms with E-state index in [4.69, 9.17) is 4.74 Å². The quantitative estimate of drug-likeness (QED) is 0.797. The smallest absolute Gasteiger partial charge is 0.410 e. The number of piperidine rings is 1. The third-order valence-corrected chi connectivity index (χ3v) is 4.04. The molecule has 1 amide bonds. The van der Waals surface area contributed by atoms with Crippen molar-refractivity contribution < 1.29 is 14.3 Å². The number of ether oxygens (including phenoxy) is 1. The molecule has 1 aliphatic heterocycles. The molecule has 0 aliphatic carbocycles. The molecule has 1 saturated heterocycles. The van der Waals surface area contributed by atoms with E-state index in [1.807, 2.05) is 45.0 Å². The molecule has 5 heteroatoms. The number of ketones is 1. The van der Waals surface area contributed by atoms with E-state index in [1.165, 1.54) is 0 Å². The van der Waals surface area contributed by atoms with Crippen LogP contribution in [-0.2, 0) is 16.0 Å². The maximum absolute atomic E-state index is 12.2. The molecule has 1 atom stereocenters. The van der Waals surface area contributed by atoms with Crippen LogP contribution in [0.1, 0.15) is 32.8 Å². The zero-order chi connectivity index (χ0) is 16.3. The Kier molecular flexibility index (Phi) is 5.27. The molecule has 0 radical (unpaired) electrons. The first kappa shape index (κ1) is 17.0. The fourth-order valence-electron chi connectivity index (χ4n) is 2.53. The van der Waals surface area contributed by atoms with Crippen LogP contribution in [0, 0.1) is 5.92 Å². The highest BCUT2D eigenvalue weighted by Crippen LogP contribution is 2.22. The molecule has 1 aliphatic rings. The molecule has 4 nitrogen and oxygen atoms in total. The van der Waals surface area contributed by atoms with Crippen molar-refractivity contribution in [2.24, 2.45) is 5.92 Å². The highest BCUT2D eigenvalue weighted by atomic mass is 79.9. The average Bonchev–Trinajstić information content (AvgIpc) is 2.39. The fraction of sp³-hybridized carbons (Fsp3) is 0.529. The number of halogens is 1. The molecule has 1 fully saturated rings. The first-order valence-electron chi connectivity index (χ1n) is 7.50. The summed E-state index contributed by atoms with van der Waals surface area (Å²) in [6, 6.07) is 7.93. The molecule has 0 bridgehead atoms. The van der Waals surface area contributed by atoms with E-state index in [0.717, 1.165) is 10.0 Å². The molecule has 0 spiro atoms. The van der Waals surface area contributed by atoms with Crippen molar-refractivity contribution in [1.82, 2.24) is 4.90 Å². The van der Waals surface area contributed by atoms with Crippen molar-refractivity contribution >= 4 is 27.8 Å². The Balaban J connectivity index is 2.02. The number of hydrogen-bond acceptors (Lipinski definition) is 3. The molecule has 22 heavy (non-hydrogen) atoms. The van der Waals surface area contributed by atoms with Crippen LogP contribution in [0.4, 0.5) is 4.79 Å². The number of carbonyl (C=O) groups excluding carboxylic acids is 2. The van der Waals surface area contributed by atoms with E-state index in [2.05, 4.69) is 15.9 Å². The lowest BCUT2D eigenvalue weighted by Gasteiger charge is -2.33. The summed E-state index contributed by atoms with van der Waals surface area (Å²) in [5.74, 6) is 0.0651. The summed E-state index contributed by atoms with van der Waals surface area (Å²) in [6.45, 7) is 6.42. The molecular formula is C17H22BrNO3.